The summed E-state index contributed by atoms with van der Waals surface area (Å²) in [5, 5.41) is 3.23. The van der Waals surface area contributed by atoms with Crippen LogP contribution >= 0.6 is 11.6 Å². The topological polar surface area (TPSA) is 68.0 Å². The molecule has 26 heavy (non-hydrogen) atoms. The van der Waals surface area contributed by atoms with E-state index in [1.807, 2.05) is 25.1 Å². The van der Waals surface area contributed by atoms with E-state index in [1.165, 1.54) is 6.20 Å². The molecule has 0 fully saturated rings. The molecule has 6 heteroatoms. The highest BCUT2D eigenvalue weighted by Crippen LogP contribution is 2.31. The predicted molar refractivity (Wildman–Crippen MR) is 101 cm³/mol. The second-order valence-electron chi connectivity index (χ2n) is 5.88. The van der Waals surface area contributed by atoms with Crippen LogP contribution in [0.2, 0.25) is 5.02 Å². The zero-order valence-corrected chi connectivity index (χ0v) is 14.6. The fourth-order valence-electron chi connectivity index (χ4n) is 2.61. The van der Waals surface area contributed by atoms with E-state index >= 15 is 0 Å². The summed E-state index contributed by atoms with van der Waals surface area (Å²) in [4.78, 5) is 20.8. The van der Waals surface area contributed by atoms with Crippen LogP contribution in [-0.2, 0) is 0 Å². The van der Waals surface area contributed by atoms with Crippen LogP contribution in [0, 0.1) is 6.92 Å². The number of aromatic nitrogens is 2. The Labute approximate surface area is 154 Å². The molecule has 0 atom stereocenters. The van der Waals surface area contributed by atoms with Gasteiger partial charge < -0.3 is 9.73 Å². The fourth-order valence-corrected chi connectivity index (χ4v) is 2.77. The lowest BCUT2D eigenvalue weighted by Crippen LogP contribution is -2.12. The number of nitrogens with one attached hydrogen (secondary N) is 1. The monoisotopic (exact) mass is 363 g/mol. The van der Waals surface area contributed by atoms with Crippen LogP contribution in [0.15, 0.2) is 65.3 Å². The first-order chi connectivity index (χ1) is 12.6. The molecule has 4 aromatic rings. The maximum Gasteiger partial charge on any atom is 0.257 e. The van der Waals surface area contributed by atoms with Gasteiger partial charge in [-0.25, -0.2) is 4.98 Å². The van der Waals surface area contributed by atoms with Gasteiger partial charge in [0.25, 0.3) is 5.91 Å². The minimum absolute atomic E-state index is 0.287. The molecular formula is C20H14ClN3O2. The van der Waals surface area contributed by atoms with Gasteiger partial charge in [-0.05, 0) is 55.0 Å². The molecule has 0 radical (unpaired) electrons. The van der Waals surface area contributed by atoms with E-state index in [9.17, 15) is 4.79 Å². The second kappa shape index (κ2) is 6.61. The molecule has 2 heterocycles. The Morgan fingerprint density at radius 2 is 2.04 bits per heavy atom. The van der Waals surface area contributed by atoms with Crippen molar-refractivity contribution in [1.29, 1.82) is 0 Å². The van der Waals surface area contributed by atoms with E-state index in [2.05, 4.69) is 15.3 Å². The number of amides is 1. The highest BCUT2D eigenvalue weighted by Gasteiger charge is 2.13. The van der Waals surface area contributed by atoms with Crippen LogP contribution in [-0.4, -0.2) is 15.9 Å². The first-order valence-electron chi connectivity index (χ1n) is 7.99. The SMILES string of the molecule is Cc1ccc2oc(-c3ccc(Cl)c(NC(=O)c4cccnc4)c3)nc2c1. The molecule has 2 aromatic heterocycles. The Morgan fingerprint density at radius 3 is 2.85 bits per heavy atom. The van der Waals surface area contributed by atoms with Gasteiger partial charge in [0.2, 0.25) is 5.89 Å². The molecule has 5 nitrogen and oxygen atoms in total. The van der Waals surface area contributed by atoms with E-state index in [-0.39, 0.29) is 5.91 Å². The smallest absolute Gasteiger partial charge is 0.257 e. The van der Waals surface area contributed by atoms with Crippen molar-refractivity contribution in [2.24, 2.45) is 0 Å². The minimum Gasteiger partial charge on any atom is -0.436 e. The summed E-state index contributed by atoms with van der Waals surface area (Å²) in [6.45, 7) is 2.00. The zero-order chi connectivity index (χ0) is 18.1. The molecule has 0 saturated carbocycles. The molecule has 2 aromatic carbocycles. The summed E-state index contributed by atoms with van der Waals surface area (Å²) in [6.07, 6.45) is 3.11. The van der Waals surface area contributed by atoms with Gasteiger partial charge in [-0.1, -0.05) is 17.7 Å². The number of pyridine rings is 1. The zero-order valence-electron chi connectivity index (χ0n) is 13.9. The number of hydrogen-bond donors (Lipinski definition) is 1. The summed E-state index contributed by atoms with van der Waals surface area (Å²) >= 11 is 6.23. The maximum atomic E-state index is 12.3. The number of carbonyl (C=O) groups is 1. The Balaban J connectivity index is 1.68. The van der Waals surface area contributed by atoms with E-state index in [1.54, 1.807) is 36.5 Å². The van der Waals surface area contributed by atoms with Gasteiger partial charge in [-0.2, -0.15) is 0 Å². The van der Waals surface area contributed by atoms with Crippen LogP contribution in [0.4, 0.5) is 5.69 Å². The van der Waals surface area contributed by atoms with Crippen molar-refractivity contribution in [1.82, 2.24) is 9.97 Å². The average molecular weight is 364 g/mol. The van der Waals surface area contributed by atoms with Crippen LogP contribution < -0.4 is 5.32 Å². The Morgan fingerprint density at radius 1 is 1.15 bits per heavy atom. The molecule has 0 saturated heterocycles. The van der Waals surface area contributed by atoms with E-state index < -0.39 is 0 Å². The third-order valence-electron chi connectivity index (χ3n) is 3.93. The molecule has 0 aliphatic rings. The van der Waals surface area contributed by atoms with Crippen LogP contribution in [0.3, 0.4) is 0 Å². The molecule has 0 aliphatic carbocycles. The molecule has 1 amide bonds. The van der Waals surface area contributed by atoms with Crippen molar-refractivity contribution in [3.8, 4) is 11.5 Å². The summed E-state index contributed by atoms with van der Waals surface area (Å²) in [5.74, 6) is 0.185. The predicted octanol–water partition coefficient (Wildman–Crippen LogP) is 5.10. The Kier molecular flexibility index (Phi) is 4.14. The largest absolute Gasteiger partial charge is 0.436 e. The first kappa shape index (κ1) is 16.3. The van der Waals surface area contributed by atoms with Crippen LogP contribution in [0.25, 0.3) is 22.6 Å². The number of benzene rings is 2. The molecule has 0 aliphatic heterocycles. The van der Waals surface area contributed by atoms with E-state index in [0.717, 1.165) is 16.6 Å². The lowest BCUT2D eigenvalue weighted by atomic mass is 10.2. The third-order valence-corrected chi connectivity index (χ3v) is 4.26. The Hall–Kier alpha value is -3.18. The van der Waals surface area contributed by atoms with E-state index in [0.29, 0.717) is 27.7 Å². The summed E-state index contributed by atoms with van der Waals surface area (Å²) in [7, 11) is 0. The van der Waals surface area contributed by atoms with Crippen molar-refractivity contribution in [2.45, 2.75) is 6.92 Å². The molecular weight excluding hydrogens is 350 g/mol. The normalized spacial score (nSPS) is 10.8. The lowest BCUT2D eigenvalue weighted by Gasteiger charge is -2.08. The summed E-state index contributed by atoms with van der Waals surface area (Å²) in [6, 6.07) is 14.5. The highest BCUT2D eigenvalue weighted by molar-refractivity contribution is 6.34. The summed E-state index contributed by atoms with van der Waals surface area (Å²) < 4.78 is 5.82. The molecule has 0 bridgehead atoms. The van der Waals surface area contributed by atoms with Gasteiger partial charge in [-0.15, -0.1) is 0 Å². The number of hydrogen-bond acceptors (Lipinski definition) is 4. The number of aryl methyl sites for hydroxylation is 1. The number of rotatable bonds is 3. The maximum absolute atomic E-state index is 12.3. The molecule has 0 spiro atoms. The van der Waals surface area contributed by atoms with Crippen LogP contribution in [0.5, 0.6) is 0 Å². The van der Waals surface area contributed by atoms with Crippen molar-refractivity contribution in [3.63, 3.8) is 0 Å². The van der Waals surface area contributed by atoms with Gasteiger partial charge in [0.15, 0.2) is 5.58 Å². The lowest BCUT2D eigenvalue weighted by molar-refractivity contribution is 0.102. The van der Waals surface area contributed by atoms with Gasteiger partial charge in [0.1, 0.15) is 5.52 Å². The quantitative estimate of drug-likeness (QED) is 0.549. The molecule has 4 rings (SSSR count). The fraction of sp³-hybridized carbons (Fsp3) is 0.0500. The van der Waals surface area contributed by atoms with Crippen molar-refractivity contribution in [3.05, 3.63) is 77.1 Å². The molecule has 0 unspecified atom stereocenters. The third kappa shape index (κ3) is 3.17. The van der Waals surface area contributed by atoms with Crippen LogP contribution in [0.1, 0.15) is 15.9 Å². The number of halogens is 1. The number of fused-ring (bicyclic) bond motifs is 1. The summed E-state index contributed by atoms with van der Waals surface area (Å²) in [5.41, 5.74) is 4.27. The van der Waals surface area contributed by atoms with Gasteiger partial charge in [0, 0.05) is 18.0 Å². The van der Waals surface area contributed by atoms with Gasteiger partial charge in [-0.3, -0.25) is 9.78 Å². The number of nitrogens with zero attached hydrogens (tertiary/aromatic N) is 2. The second-order valence-corrected chi connectivity index (χ2v) is 6.29. The Bertz CT molecular complexity index is 1110. The first-order valence-corrected chi connectivity index (χ1v) is 8.36. The van der Waals surface area contributed by atoms with Crippen molar-refractivity contribution in [2.75, 3.05) is 5.32 Å². The number of carbonyl (C=O) groups excluding carboxylic acids is 1. The minimum atomic E-state index is -0.287. The highest BCUT2D eigenvalue weighted by atomic mass is 35.5. The van der Waals surface area contributed by atoms with Gasteiger partial charge in [0.05, 0.1) is 16.3 Å². The number of oxazole rings is 1. The van der Waals surface area contributed by atoms with E-state index in [4.69, 9.17) is 16.0 Å². The van der Waals surface area contributed by atoms with Crippen molar-refractivity contribution < 1.29 is 9.21 Å². The molecule has 128 valence electrons. The van der Waals surface area contributed by atoms with Gasteiger partial charge >= 0.3 is 0 Å². The van der Waals surface area contributed by atoms with Crippen molar-refractivity contribution >= 4 is 34.3 Å². The number of anilines is 1. The average Bonchev–Trinajstić information content (AvgIpc) is 3.07. The standard InChI is InChI=1S/C20H14ClN3O2/c1-12-4-7-18-17(9-12)24-20(26-18)13-5-6-15(21)16(10-13)23-19(25)14-3-2-8-22-11-14/h2-11H,1H3,(H,23,25). The molecule has 1 N–H and O–H groups in total.